The Hall–Kier alpha value is -2.46. The maximum Gasteiger partial charge on any atom is 0.261 e. The molecule has 2 amide bonds. The Morgan fingerprint density at radius 1 is 0.840 bits per heavy atom. The molecule has 128 valence electrons. The Morgan fingerprint density at radius 3 is 2.12 bits per heavy atom. The van der Waals surface area contributed by atoms with Crippen molar-refractivity contribution in [1.82, 2.24) is 10.2 Å². The van der Waals surface area contributed by atoms with Crippen LogP contribution in [0.3, 0.4) is 0 Å². The molecule has 2 aromatic carbocycles. The highest BCUT2D eigenvalue weighted by Crippen LogP contribution is 2.31. The lowest BCUT2D eigenvalue weighted by atomic mass is 9.89. The van der Waals surface area contributed by atoms with Gasteiger partial charge in [0.1, 0.15) is 0 Å². The SMILES string of the molecule is O=C1c2ccccc2C(=O)N1[C@@H]1CCCC[C@H]1NCc1ccccc1. The van der Waals surface area contributed by atoms with Crippen LogP contribution in [0.1, 0.15) is 52.0 Å². The first-order valence-corrected chi connectivity index (χ1v) is 9.00. The van der Waals surface area contributed by atoms with E-state index in [1.54, 1.807) is 12.1 Å². The minimum absolute atomic E-state index is 0.0649. The molecular formula is C21H22N2O2. The van der Waals surface area contributed by atoms with Gasteiger partial charge >= 0.3 is 0 Å². The van der Waals surface area contributed by atoms with Crippen LogP contribution in [0.4, 0.5) is 0 Å². The number of carbonyl (C=O) groups is 2. The molecule has 4 heteroatoms. The quantitative estimate of drug-likeness (QED) is 0.872. The van der Waals surface area contributed by atoms with E-state index >= 15 is 0 Å². The molecule has 1 heterocycles. The number of nitrogens with zero attached hydrogens (tertiary/aromatic N) is 1. The molecule has 0 spiro atoms. The molecule has 0 bridgehead atoms. The molecular weight excluding hydrogens is 312 g/mol. The second-order valence-corrected chi connectivity index (χ2v) is 6.85. The van der Waals surface area contributed by atoms with Crippen molar-refractivity contribution >= 4 is 11.8 Å². The highest BCUT2D eigenvalue weighted by molar-refractivity contribution is 6.21. The molecule has 1 N–H and O–H groups in total. The van der Waals surface area contributed by atoms with Gasteiger partial charge in [-0.2, -0.15) is 0 Å². The van der Waals surface area contributed by atoms with Gasteiger partial charge in [-0.1, -0.05) is 55.3 Å². The van der Waals surface area contributed by atoms with Crippen LogP contribution in [0.25, 0.3) is 0 Å². The largest absolute Gasteiger partial charge is 0.308 e. The standard InChI is InChI=1S/C21H22N2O2/c24-20-16-10-4-5-11-17(16)21(25)23(20)19-13-7-6-12-18(19)22-14-15-8-2-1-3-9-15/h1-5,8-11,18-19,22H,6-7,12-14H2/t18-,19-/m1/s1. The molecule has 25 heavy (non-hydrogen) atoms. The fraction of sp³-hybridized carbons (Fsp3) is 0.333. The molecule has 0 saturated heterocycles. The molecule has 1 aliphatic heterocycles. The molecule has 4 rings (SSSR count). The first-order valence-electron chi connectivity index (χ1n) is 9.00. The van der Waals surface area contributed by atoms with E-state index in [1.165, 1.54) is 10.5 Å². The molecule has 0 aromatic heterocycles. The van der Waals surface area contributed by atoms with Crippen LogP contribution in [0, 0.1) is 0 Å². The number of hydrogen-bond acceptors (Lipinski definition) is 3. The van der Waals surface area contributed by atoms with E-state index in [4.69, 9.17) is 0 Å². The van der Waals surface area contributed by atoms with Crippen molar-refractivity contribution in [2.75, 3.05) is 0 Å². The van der Waals surface area contributed by atoms with E-state index in [0.29, 0.717) is 11.1 Å². The van der Waals surface area contributed by atoms with Crippen molar-refractivity contribution in [1.29, 1.82) is 0 Å². The Balaban J connectivity index is 1.53. The van der Waals surface area contributed by atoms with Gasteiger partial charge in [0, 0.05) is 12.6 Å². The third-order valence-electron chi connectivity index (χ3n) is 5.30. The van der Waals surface area contributed by atoms with E-state index in [1.807, 2.05) is 30.3 Å². The van der Waals surface area contributed by atoms with Gasteiger partial charge in [0.2, 0.25) is 0 Å². The summed E-state index contributed by atoms with van der Waals surface area (Å²) >= 11 is 0. The van der Waals surface area contributed by atoms with Crippen LogP contribution in [-0.4, -0.2) is 28.8 Å². The molecule has 2 aromatic rings. The summed E-state index contributed by atoms with van der Waals surface area (Å²) in [6.45, 7) is 0.755. The zero-order valence-corrected chi connectivity index (χ0v) is 14.2. The molecule has 0 radical (unpaired) electrons. The van der Waals surface area contributed by atoms with Crippen LogP contribution >= 0.6 is 0 Å². The Morgan fingerprint density at radius 2 is 1.44 bits per heavy atom. The summed E-state index contributed by atoms with van der Waals surface area (Å²) in [5.41, 5.74) is 2.30. The van der Waals surface area contributed by atoms with Crippen LogP contribution in [0.15, 0.2) is 54.6 Å². The van der Waals surface area contributed by atoms with E-state index in [0.717, 1.165) is 32.2 Å². The van der Waals surface area contributed by atoms with Crippen LogP contribution in [0.5, 0.6) is 0 Å². The van der Waals surface area contributed by atoms with Gasteiger partial charge in [-0.3, -0.25) is 14.5 Å². The summed E-state index contributed by atoms with van der Waals surface area (Å²) in [4.78, 5) is 27.1. The molecule has 1 saturated carbocycles. The highest BCUT2D eigenvalue weighted by atomic mass is 16.2. The number of fused-ring (bicyclic) bond motifs is 1. The minimum atomic E-state index is -0.140. The first kappa shape index (κ1) is 16.0. The normalized spacial score (nSPS) is 23.0. The Labute approximate surface area is 147 Å². The lowest BCUT2D eigenvalue weighted by Crippen LogP contribution is -2.53. The molecule has 4 nitrogen and oxygen atoms in total. The second-order valence-electron chi connectivity index (χ2n) is 6.85. The van der Waals surface area contributed by atoms with E-state index in [9.17, 15) is 9.59 Å². The summed E-state index contributed by atoms with van der Waals surface area (Å²) in [5.74, 6) is -0.280. The third-order valence-corrected chi connectivity index (χ3v) is 5.30. The predicted molar refractivity (Wildman–Crippen MR) is 96.3 cm³/mol. The first-order chi connectivity index (χ1) is 12.3. The number of hydrogen-bond donors (Lipinski definition) is 1. The maximum atomic E-state index is 12.8. The van der Waals surface area contributed by atoms with Crippen molar-refractivity contribution in [3.05, 3.63) is 71.3 Å². The van der Waals surface area contributed by atoms with E-state index in [-0.39, 0.29) is 23.9 Å². The van der Waals surface area contributed by atoms with Crippen LogP contribution in [-0.2, 0) is 6.54 Å². The van der Waals surface area contributed by atoms with Crippen molar-refractivity contribution in [3.63, 3.8) is 0 Å². The smallest absolute Gasteiger partial charge is 0.261 e. The number of imide groups is 1. The second kappa shape index (κ2) is 6.81. The van der Waals surface area contributed by atoms with Gasteiger partial charge < -0.3 is 5.32 Å². The maximum absolute atomic E-state index is 12.8. The molecule has 1 aliphatic carbocycles. The fourth-order valence-electron chi connectivity index (χ4n) is 4.01. The Bertz CT molecular complexity index is 752. The molecule has 0 unspecified atom stereocenters. The lowest BCUT2D eigenvalue weighted by Gasteiger charge is -2.37. The molecule has 1 fully saturated rings. The predicted octanol–water partition coefficient (Wildman–Crippen LogP) is 3.38. The summed E-state index contributed by atoms with van der Waals surface area (Å²) in [6.07, 6.45) is 4.05. The van der Waals surface area contributed by atoms with Crippen LogP contribution < -0.4 is 5.32 Å². The number of nitrogens with one attached hydrogen (secondary N) is 1. The van der Waals surface area contributed by atoms with Crippen LogP contribution in [0.2, 0.25) is 0 Å². The number of amides is 2. The van der Waals surface area contributed by atoms with Gasteiger partial charge in [0.15, 0.2) is 0 Å². The lowest BCUT2D eigenvalue weighted by molar-refractivity contribution is 0.0504. The molecule has 2 atom stereocenters. The van der Waals surface area contributed by atoms with Gasteiger partial charge in [-0.05, 0) is 30.5 Å². The number of rotatable bonds is 4. The summed E-state index contributed by atoms with van der Waals surface area (Å²) in [7, 11) is 0. The van der Waals surface area contributed by atoms with E-state index in [2.05, 4.69) is 17.4 Å². The topological polar surface area (TPSA) is 49.4 Å². The highest BCUT2D eigenvalue weighted by Gasteiger charge is 2.43. The molecule has 2 aliphatic rings. The van der Waals surface area contributed by atoms with Gasteiger partial charge in [-0.25, -0.2) is 0 Å². The van der Waals surface area contributed by atoms with Gasteiger partial charge in [-0.15, -0.1) is 0 Å². The number of benzene rings is 2. The fourth-order valence-corrected chi connectivity index (χ4v) is 4.01. The van der Waals surface area contributed by atoms with Gasteiger partial charge in [0.05, 0.1) is 17.2 Å². The summed E-state index contributed by atoms with van der Waals surface area (Å²) in [6, 6.07) is 17.5. The zero-order valence-electron chi connectivity index (χ0n) is 14.2. The van der Waals surface area contributed by atoms with Gasteiger partial charge in [0.25, 0.3) is 11.8 Å². The average molecular weight is 334 g/mol. The third kappa shape index (κ3) is 2.98. The van der Waals surface area contributed by atoms with E-state index < -0.39 is 0 Å². The monoisotopic (exact) mass is 334 g/mol. The van der Waals surface area contributed by atoms with Crippen molar-refractivity contribution in [2.45, 2.75) is 44.3 Å². The minimum Gasteiger partial charge on any atom is -0.308 e. The zero-order chi connectivity index (χ0) is 17.2. The number of carbonyl (C=O) groups excluding carboxylic acids is 2. The average Bonchev–Trinajstić information content (AvgIpc) is 2.92. The summed E-state index contributed by atoms with van der Waals surface area (Å²) < 4.78 is 0. The van der Waals surface area contributed by atoms with Crippen molar-refractivity contribution in [2.24, 2.45) is 0 Å². The van der Waals surface area contributed by atoms with Crippen molar-refractivity contribution < 1.29 is 9.59 Å². The van der Waals surface area contributed by atoms with Crippen molar-refractivity contribution in [3.8, 4) is 0 Å². The summed E-state index contributed by atoms with van der Waals surface area (Å²) in [5, 5.41) is 3.59. The Kier molecular flexibility index (Phi) is 4.36.